The standard InChI is InChI=1S/C20H19F2NO5/c1-27-16-8-13(9-19(24)25)23(11-16)20(26)12-2-4-14(5-3-12)28-15-6-7-17(21)18(22)10-15/h2-7,10,13,16H,8-9,11H2,1H3,(H,24,25). The molecule has 1 amide bonds. The van der Waals surface area contributed by atoms with Gasteiger partial charge in [0.1, 0.15) is 11.5 Å². The number of halogens is 2. The van der Waals surface area contributed by atoms with E-state index in [1.807, 2.05) is 0 Å². The summed E-state index contributed by atoms with van der Waals surface area (Å²) in [6, 6.07) is 8.89. The molecule has 1 heterocycles. The molecule has 2 atom stereocenters. The van der Waals surface area contributed by atoms with E-state index in [-0.39, 0.29) is 24.2 Å². The molecule has 1 saturated heterocycles. The number of carboxylic acids is 1. The highest BCUT2D eigenvalue weighted by molar-refractivity contribution is 5.95. The second-order valence-corrected chi connectivity index (χ2v) is 6.50. The molecule has 8 heteroatoms. The summed E-state index contributed by atoms with van der Waals surface area (Å²) < 4.78 is 37.0. The van der Waals surface area contributed by atoms with Crippen molar-refractivity contribution in [2.45, 2.75) is 25.0 Å². The van der Waals surface area contributed by atoms with Crippen molar-refractivity contribution in [2.75, 3.05) is 13.7 Å². The molecule has 148 valence electrons. The van der Waals surface area contributed by atoms with Crippen LogP contribution in [0.1, 0.15) is 23.2 Å². The molecule has 0 spiro atoms. The van der Waals surface area contributed by atoms with Gasteiger partial charge in [0.05, 0.1) is 12.5 Å². The number of aliphatic carboxylic acids is 1. The lowest BCUT2D eigenvalue weighted by Gasteiger charge is -2.23. The van der Waals surface area contributed by atoms with E-state index in [0.29, 0.717) is 24.3 Å². The van der Waals surface area contributed by atoms with E-state index in [2.05, 4.69) is 0 Å². The largest absolute Gasteiger partial charge is 0.481 e. The summed E-state index contributed by atoms with van der Waals surface area (Å²) in [5, 5.41) is 9.07. The summed E-state index contributed by atoms with van der Waals surface area (Å²) in [6.07, 6.45) is 0.110. The van der Waals surface area contributed by atoms with Crippen LogP contribution in [0.2, 0.25) is 0 Å². The molecule has 0 bridgehead atoms. The maximum Gasteiger partial charge on any atom is 0.305 e. The Kier molecular flexibility index (Phi) is 5.89. The van der Waals surface area contributed by atoms with Gasteiger partial charge in [0, 0.05) is 31.3 Å². The third kappa shape index (κ3) is 4.45. The number of carbonyl (C=O) groups excluding carboxylic acids is 1. The fourth-order valence-corrected chi connectivity index (χ4v) is 3.20. The zero-order valence-corrected chi connectivity index (χ0v) is 15.1. The van der Waals surface area contributed by atoms with Crippen molar-refractivity contribution in [1.29, 1.82) is 0 Å². The number of rotatable bonds is 6. The van der Waals surface area contributed by atoms with Gasteiger partial charge in [-0.05, 0) is 42.8 Å². The molecule has 1 aliphatic heterocycles. The summed E-state index contributed by atoms with van der Waals surface area (Å²) in [4.78, 5) is 25.4. The summed E-state index contributed by atoms with van der Waals surface area (Å²) in [5.41, 5.74) is 0.366. The Bertz CT molecular complexity index is 871. The highest BCUT2D eigenvalue weighted by Gasteiger charge is 2.36. The van der Waals surface area contributed by atoms with Crippen LogP contribution in [0.25, 0.3) is 0 Å². The number of carbonyl (C=O) groups is 2. The molecule has 0 saturated carbocycles. The molecule has 0 radical (unpaired) electrons. The Labute approximate surface area is 160 Å². The van der Waals surface area contributed by atoms with E-state index in [9.17, 15) is 18.4 Å². The van der Waals surface area contributed by atoms with Crippen LogP contribution in [0.3, 0.4) is 0 Å². The smallest absolute Gasteiger partial charge is 0.305 e. The number of amides is 1. The molecule has 2 aromatic carbocycles. The van der Waals surface area contributed by atoms with Crippen molar-refractivity contribution in [2.24, 2.45) is 0 Å². The number of nitrogens with zero attached hydrogens (tertiary/aromatic N) is 1. The van der Waals surface area contributed by atoms with Crippen LogP contribution in [-0.2, 0) is 9.53 Å². The lowest BCUT2D eigenvalue weighted by molar-refractivity contribution is -0.138. The van der Waals surface area contributed by atoms with Gasteiger partial charge in [0.2, 0.25) is 0 Å². The summed E-state index contributed by atoms with van der Waals surface area (Å²) >= 11 is 0. The van der Waals surface area contributed by atoms with E-state index in [4.69, 9.17) is 14.6 Å². The number of hydrogen-bond acceptors (Lipinski definition) is 4. The van der Waals surface area contributed by atoms with E-state index in [1.165, 1.54) is 42.3 Å². The van der Waals surface area contributed by atoms with E-state index >= 15 is 0 Å². The third-order valence-corrected chi connectivity index (χ3v) is 4.61. The van der Waals surface area contributed by atoms with E-state index in [0.717, 1.165) is 12.1 Å². The van der Waals surface area contributed by atoms with Crippen LogP contribution < -0.4 is 4.74 Å². The van der Waals surface area contributed by atoms with Gasteiger partial charge in [-0.15, -0.1) is 0 Å². The SMILES string of the molecule is COC1CC(CC(=O)O)N(C(=O)c2ccc(Oc3ccc(F)c(F)c3)cc2)C1. The zero-order chi connectivity index (χ0) is 20.3. The maximum atomic E-state index is 13.3. The van der Waals surface area contributed by atoms with Crippen molar-refractivity contribution in [3.63, 3.8) is 0 Å². The average molecular weight is 391 g/mol. The van der Waals surface area contributed by atoms with Crippen molar-refractivity contribution in [3.05, 3.63) is 59.7 Å². The molecule has 0 aliphatic carbocycles. The van der Waals surface area contributed by atoms with Crippen molar-refractivity contribution >= 4 is 11.9 Å². The Morgan fingerprint density at radius 1 is 1.11 bits per heavy atom. The number of benzene rings is 2. The van der Waals surface area contributed by atoms with Crippen LogP contribution in [0.15, 0.2) is 42.5 Å². The van der Waals surface area contributed by atoms with Gasteiger partial charge in [0.25, 0.3) is 5.91 Å². The minimum Gasteiger partial charge on any atom is -0.481 e. The van der Waals surface area contributed by atoms with Crippen LogP contribution in [-0.4, -0.2) is 47.7 Å². The molecule has 2 unspecified atom stereocenters. The second-order valence-electron chi connectivity index (χ2n) is 6.50. The fourth-order valence-electron chi connectivity index (χ4n) is 3.20. The molecule has 3 rings (SSSR count). The summed E-state index contributed by atoms with van der Waals surface area (Å²) in [7, 11) is 1.53. The normalized spacial score (nSPS) is 18.9. The van der Waals surface area contributed by atoms with Crippen molar-refractivity contribution in [1.82, 2.24) is 4.90 Å². The van der Waals surface area contributed by atoms with Gasteiger partial charge in [0.15, 0.2) is 11.6 Å². The number of methoxy groups -OCH3 is 1. The third-order valence-electron chi connectivity index (χ3n) is 4.61. The zero-order valence-electron chi connectivity index (χ0n) is 15.1. The molecule has 2 aromatic rings. The van der Waals surface area contributed by atoms with Crippen molar-refractivity contribution < 1.29 is 33.0 Å². The number of ether oxygens (including phenoxy) is 2. The van der Waals surface area contributed by atoms with E-state index in [1.54, 1.807) is 0 Å². The van der Waals surface area contributed by atoms with Gasteiger partial charge in [-0.1, -0.05) is 0 Å². The Balaban J connectivity index is 1.71. The fraction of sp³-hybridized carbons (Fsp3) is 0.300. The van der Waals surface area contributed by atoms with Gasteiger partial charge in [-0.2, -0.15) is 0 Å². The predicted molar refractivity (Wildman–Crippen MR) is 95.4 cm³/mol. The first-order chi connectivity index (χ1) is 13.4. The monoisotopic (exact) mass is 391 g/mol. The van der Waals surface area contributed by atoms with Crippen molar-refractivity contribution in [3.8, 4) is 11.5 Å². The maximum absolute atomic E-state index is 13.3. The number of likely N-dealkylation sites (tertiary alicyclic amines) is 1. The first-order valence-electron chi connectivity index (χ1n) is 8.66. The first kappa shape index (κ1) is 19.8. The van der Waals surface area contributed by atoms with Crippen LogP contribution in [0, 0.1) is 11.6 Å². The second kappa shape index (κ2) is 8.35. The predicted octanol–water partition coefficient (Wildman–Crippen LogP) is 3.46. The van der Waals surface area contributed by atoms with E-state index < -0.39 is 23.6 Å². The Hall–Kier alpha value is -3.00. The summed E-state index contributed by atoms with van der Waals surface area (Å²) in [5.74, 6) is -2.79. The molecule has 0 aromatic heterocycles. The Morgan fingerprint density at radius 2 is 1.79 bits per heavy atom. The first-order valence-corrected chi connectivity index (χ1v) is 8.66. The van der Waals surface area contributed by atoms with Gasteiger partial charge >= 0.3 is 5.97 Å². The van der Waals surface area contributed by atoms with Gasteiger partial charge in [-0.3, -0.25) is 9.59 Å². The molecule has 6 nitrogen and oxygen atoms in total. The number of carboxylic acid groups (broad SMARTS) is 1. The van der Waals surface area contributed by atoms with Gasteiger partial charge in [-0.25, -0.2) is 8.78 Å². The van der Waals surface area contributed by atoms with Crippen LogP contribution in [0.5, 0.6) is 11.5 Å². The average Bonchev–Trinajstić information content (AvgIpc) is 3.07. The van der Waals surface area contributed by atoms with Crippen LogP contribution in [0.4, 0.5) is 8.78 Å². The molecule has 1 aliphatic rings. The minimum absolute atomic E-state index is 0.127. The quantitative estimate of drug-likeness (QED) is 0.816. The topological polar surface area (TPSA) is 76.1 Å². The summed E-state index contributed by atoms with van der Waals surface area (Å²) in [6.45, 7) is 0.320. The lowest BCUT2D eigenvalue weighted by atomic mass is 10.1. The number of hydrogen-bond donors (Lipinski definition) is 1. The molecule has 1 N–H and O–H groups in total. The lowest BCUT2D eigenvalue weighted by Crippen LogP contribution is -2.37. The molecule has 28 heavy (non-hydrogen) atoms. The highest BCUT2D eigenvalue weighted by atomic mass is 19.2. The van der Waals surface area contributed by atoms with Crippen LogP contribution >= 0.6 is 0 Å². The minimum atomic E-state index is -1.02. The Morgan fingerprint density at radius 3 is 2.39 bits per heavy atom. The molecular weight excluding hydrogens is 372 g/mol. The highest BCUT2D eigenvalue weighted by Crippen LogP contribution is 2.27. The molecule has 1 fully saturated rings. The molecular formula is C20H19F2NO5. The van der Waals surface area contributed by atoms with Gasteiger partial charge < -0.3 is 19.5 Å².